The minimum Gasteiger partial charge on any atom is -0.373 e. The minimum atomic E-state index is 0.346. The molecule has 148 valence electrons. The Morgan fingerprint density at radius 1 is 1.00 bits per heavy atom. The van der Waals surface area contributed by atoms with Crippen LogP contribution in [0, 0.1) is 0 Å². The van der Waals surface area contributed by atoms with E-state index in [2.05, 4.69) is 52.0 Å². The Bertz CT molecular complexity index is 776. The maximum absolute atomic E-state index is 5.91. The Balaban J connectivity index is 1.20. The number of rotatable bonds is 7. The van der Waals surface area contributed by atoms with E-state index in [0.29, 0.717) is 31.5 Å². The van der Waals surface area contributed by atoms with Crippen molar-refractivity contribution in [2.24, 2.45) is 4.99 Å². The zero-order valence-corrected chi connectivity index (χ0v) is 16.4. The first-order chi connectivity index (χ1) is 13.8. The lowest BCUT2D eigenvalue weighted by Crippen LogP contribution is -2.47. The molecule has 0 amide bonds. The second-order valence-electron chi connectivity index (χ2n) is 7.58. The lowest BCUT2D eigenvalue weighted by molar-refractivity contribution is 0.0992. The predicted octanol–water partition coefficient (Wildman–Crippen LogP) is 3.39. The standard InChI is InChI=1S/C23H29N3O2/c1-24-23(26-21-13-20-11-12-22(21)28-20)25-14-17-7-9-19(10-8-17)16-27-15-18-5-3-2-4-6-18/h2-10,20-22H,11-16H2,1H3,(H2,24,25,26). The monoisotopic (exact) mass is 379 g/mol. The Morgan fingerprint density at radius 2 is 1.71 bits per heavy atom. The molecule has 5 nitrogen and oxygen atoms in total. The van der Waals surface area contributed by atoms with E-state index >= 15 is 0 Å². The summed E-state index contributed by atoms with van der Waals surface area (Å²) in [5.41, 5.74) is 3.60. The van der Waals surface area contributed by atoms with Gasteiger partial charge in [0.1, 0.15) is 0 Å². The second kappa shape index (κ2) is 9.22. The molecule has 2 aromatic rings. The molecule has 2 aromatic carbocycles. The molecule has 0 spiro atoms. The third kappa shape index (κ3) is 4.91. The Morgan fingerprint density at radius 3 is 2.36 bits per heavy atom. The number of nitrogens with zero attached hydrogens (tertiary/aromatic N) is 1. The quantitative estimate of drug-likeness (QED) is 0.572. The van der Waals surface area contributed by atoms with Crippen LogP contribution in [0.1, 0.15) is 36.0 Å². The summed E-state index contributed by atoms with van der Waals surface area (Å²) in [6.45, 7) is 2.00. The molecule has 0 saturated carbocycles. The first-order valence-electron chi connectivity index (χ1n) is 10.1. The van der Waals surface area contributed by atoms with E-state index in [1.807, 2.05) is 25.2 Å². The molecule has 3 atom stereocenters. The van der Waals surface area contributed by atoms with Gasteiger partial charge in [-0.1, -0.05) is 54.6 Å². The number of benzene rings is 2. The molecule has 2 heterocycles. The van der Waals surface area contributed by atoms with E-state index in [1.54, 1.807) is 0 Å². The van der Waals surface area contributed by atoms with E-state index in [4.69, 9.17) is 9.47 Å². The highest BCUT2D eigenvalue weighted by atomic mass is 16.5. The van der Waals surface area contributed by atoms with Crippen LogP contribution in [-0.4, -0.2) is 31.3 Å². The summed E-state index contributed by atoms with van der Waals surface area (Å²) in [7, 11) is 1.82. The van der Waals surface area contributed by atoms with Crippen molar-refractivity contribution >= 4 is 5.96 Å². The van der Waals surface area contributed by atoms with Crippen LogP contribution in [0.4, 0.5) is 0 Å². The molecule has 28 heavy (non-hydrogen) atoms. The number of nitrogens with one attached hydrogen (secondary N) is 2. The highest BCUT2D eigenvalue weighted by Crippen LogP contribution is 2.34. The maximum Gasteiger partial charge on any atom is 0.191 e. The van der Waals surface area contributed by atoms with Gasteiger partial charge in [0.2, 0.25) is 0 Å². The van der Waals surface area contributed by atoms with Gasteiger partial charge in [0.25, 0.3) is 0 Å². The molecule has 2 aliphatic rings. The van der Waals surface area contributed by atoms with Crippen LogP contribution in [0.3, 0.4) is 0 Å². The van der Waals surface area contributed by atoms with Gasteiger partial charge in [-0.15, -0.1) is 0 Å². The molecule has 2 aliphatic heterocycles. The highest BCUT2D eigenvalue weighted by molar-refractivity contribution is 5.80. The van der Waals surface area contributed by atoms with Crippen LogP contribution in [-0.2, 0) is 29.2 Å². The highest BCUT2D eigenvalue weighted by Gasteiger charge is 2.41. The van der Waals surface area contributed by atoms with E-state index < -0.39 is 0 Å². The van der Waals surface area contributed by atoms with Crippen molar-refractivity contribution in [3.63, 3.8) is 0 Å². The molecule has 2 saturated heterocycles. The van der Waals surface area contributed by atoms with Crippen molar-refractivity contribution in [1.29, 1.82) is 0 Å². The number of hydrogen-bond donors (Lipinski definition) is 2. The van der Waals surface area contributed by atoms with Crippen molar-refractivity contribution in [3.8, 4) is 0 Å². The molecule has 0 aliphatic carbocycles. The van der Waals surface area contributed by atoms with Crippen LogP contribution < -0.4 is 10.6 Å². The number of fused-ring (bicyclic) bond motifs is 2. The summed E-state index contributed by atoms with van der Waals surface area (Å²) in [6, 6.07) is 19.2. The summed E-state index contributed by atoms with van der Waals surface area (Å²) in [4.78, 5) is 4.36. The van der Waals surface area contributed by atoms with Crippen LogP contribution in [0.5, 0.6) is 0 Å². The minimum absolute atomic E-state index is 0.346. The fourth-order valence-electron chi connectivity index (χ4n) is 3.96. The van der Waals surface area contributed by atoms with Crippen molar-refractivity contribution in [1.82, 2.24) is 10.6 Å². The van der Waals surface area contributed by atoms with Crippen LogP contribution in [0.15, 0.2) is 59.6 Å². The van der Waals surface area contributed by atoms with Gasteiger partial charge in [-0.25, -0.2) is 0 Å². The average molecular weight is 380 g/mol. The Kier molecular flexibility index (Phi) is 6.24. The van der Waals surface area contributed by atoms with Gasteiger partial charge in [-0.2, -0.15) is 0 Å². The summed E-state index contributed by atoms with van der Waals surface area (Å²) < 4.78 is 11.7. The third-order valence-corrected chi connectivity index (χ3v) is 5.51. The van der Waals surface area contributed by atoms with E-state index in [0.717, 1.165) is 25.3 Å². The van der Waals surface area contributed by atoms with Crippen LogP contribution in [0.2, 0.25) is 0 Å². The predicted molar refractivity (Wildman–Crippen MR) is 111 cm³/mol. The van der Waals surface area contributed by atoms with Gasteiger partial charge in [0.15, 0.2) is 5.96 Å². The zero-order valence-electron chi connectivity index (χ0n) is 16.4. The van der Waals surface area contributed by atoms with Gasteiger partial charge >= 0.3 is 0 Å². The lowest BCUT2D eigenvalue weighted by atomic mass is 9.96. The van der Waals surface area contributed by atoms with Crippen molar-refractivity contribution < 1.29 is 9.47 Å². The Labute approximate surface area is 167 Å². The smallest absolute Gasteiger partial charge is 0.191 e. The van der Waals surface area contributed by atoms with Crippen LogP contribution in [0.25, 0.3) is 0 Å². The normalized spacial score (nSPS) is 23.8. The van der Waals surface area contributed by atoms with Gasteiger partial charge in [0.05, 0.1) is 31.5 Å². The SMILES string of the molecule is CN=C(NCc1ccc(COCc2ccccc2)cc1)NC1CC2CCC1O2. The summed E-state index contributed by atoms with van der Waals surface area (Å²) in [6.07, 6.45) is 4.24. The zero-order chi connectivity index (χ0) is 19.2. The van der Waals surface area contributed by atoms with E-state index in [1.165, 1.54) is 23.1 Å². The number of hydrogen-bond acceptors (Lipinski definition) is 3. The van der Waals surface area contributed by atoms with Gasteiger partial charge < -0.3 is 20.1 Å². The van der Waals surface area contributed by atoms with E-state index in [9.17, 15) is 0 Å². The first-order valence-corrected chi connectivity index (χ1v) is 10.1. The van der Waals surface area contributed by atoms with Crippen molar-refractivity contribution in [3.05, 3.63) is 71.3 Å². The Hall–Kier alpha value is -2.37. The number of guanidine groups is 1. The van der Waals surface area contributed by atoms with Crippen molar-refractivity contribution in [2.45, 2.75) is 57.3 Å². The lowest BCUT2D eigenvalue weighted by Gasteiger charge is -2.22. The largest absolute Gasteiger partial charge is 0.373 e. The molecule has 4 rings (SSSR count). The molecule has 3 unspecified atom stereocenters. The molecule has 2 N–H and O–H groups in total. The molecule has 2 bridgehead atoms. The number of aliphatic imine (C=N–C) groups is 1. The first kappa shape index (κ1) is 19.0. The van der Waals surface area contributed by atoms with Crippen LogP contribution >= 0.6 is 0 Å². The fourth-order valence-corrected chi connectivity index (χ4v) is 3.96. The maximum atomic E-state index is 5.91. The molecule has 0 radical (unpaired) electrons. The molecular formula is C23H29N3O2. The molecular weight excluding hydrogens is 350 g/mol. The molecule has 5 heteroatoms. The van der Waals surface area contributed by atoms with E-state index in [-0.39, 0.29) is 0 Å². The average Bonchev–Trinajstić information content (AvgIpc) is 3.36. The second-order valence-corrected chi connectivity index (χ2v) is 7.58. The van der Waals surface area contributed by atoms with Crippen molar-refractivity contribution in [2.75, 3.05) is 7.05 Å². The van der Waals surface area contributed by atoms with Gasteiger partial charge in [-0.3, -0.25) is 4.99 Å². The fraction of sp³-hybridized carbons (Fsp3) is 0.435. The summed E-state index contributed by atoms with van der Waals surface area (Å²) in [5.74, 6) is 0.844. The van der Waals surface area contributed by atoms with Gasteiger partial charge in [0, 0.05) is 13.6 Å². The third-order valence-electron chi connectivity index (χ3n) is 5.51. The summed E-state index contributed by atoms with van der Waals surface area (Å²) >= 11 is 0. The number of ether oxygens (including phenoxy) is 2. The summed E-state index contributed by atoms with van der Waals surface area (Å²) in [5, 5.41) is 6.92. The molecule has 2 fully saturated rings. The van der Waals surface area contributed by atoms with Gasteiger partial charge in [-0.05, 0) is 36.0 Å². The molecule has 0 aromatic heterocycles. The topological polar surface area (TPSA) is 54.9 Å².